The number of ether oxygens (including phenoxy) is 3. The van der Waals surface area contributed by atoms with Gasteiger partial charge in [0.15, 0.2) is 11.5 Å². The zero-order chi connectivity index (χ0) is 18.0. The maximum absolute atomic E-state index is 13.4. The van der Waals surface area contributed by atoms with Crippen LogP contribution in [0.5, 0.6) is 17.2 Å². The highest BCUT2D eigenvalue weighted by Gasteiger charge is 2.21. The highest BCUT2D eigenvalue weighted by atomic mass is 19.2. The predicted molar refractivity (Wildman–Crippen MR) is 76.6 cm³/mol. The Bertz CT molecular complexity index is 764. The Labute approximate surface area is 139 Å². The van der Waals surface area contributed by atoms with Gasteiger partial charge in [0, 0.05) is 12.6 Å². The van der Waals surface area contributed by atoms with Crippen LogP contribution < -0.4 is 19.5 Å². The van der Waals surface area contributed by atoms with Gasteiger partial charge in [0.1, 0.15) is 24.1 Å². The molecule has 1 aliphatic heterocycles. The maximum atomic E-state index is 13.4. The first-order valence-electron chi connectivity index (χ1n) is 7.10. The number of aliphatic hydroxyl groups excluding tert-OH is 1. The van der Waals surface area contributed by atoms with Crippen LogP contribution in [0.2, 0.25) is 0 Å². The second-order valence-electron chi connectivity index (χ2n) is 5.06. The molecule has 134 valence electrons. The Kier molecular flexibility index (Phi) is 4.79. The summed E-state index contributed by atoms with van der Waals surface area (Å²) in [5.74, 6) is -5.51. The zero-order valence-electron chi connectivity index (χ0n) is 12.6. The Morgan fingerprint density at radius 2 is 1.80 bits per heavy atom. The Morgan fingerprint density at radius 3 is 2.52 bits per heavy atom. The van der Waals surface area contributed by atoms with Crippen LogP contribution in [0.15, 0.2) is 18.2 Å². The van der Waals surface area contributed by atoms with Gasteiger partial charge in [0.25, 0.3) is 11.9 Å². The van der Waals surface area contributed by atoms with Crippen molar-refractivity contribution in [1.82, 2.24) is 4.98 Å². The molecule has 0 fully saturated rings. The first-order chi connectivity index (χ1) is 12.0. The molecular weight excluding hydrogens is 348 g/mol. The number of fused-ring (bicyclic) bond motifs is 1. The number of aliphatic hydroxyl groups is 1. The van der Waals surface area contributed by atoms with Gasteiger partial charge in [-0.25, -0.2) is 0 Å². The Hall–Kier alpha value is -2.75. The van der Waals surface area contributed by atoms with Crippen LogP contribution in [-0.2, 0) is 0 Å². The number of anilines is 1. The molecule has 1 aliphatic rings. The molecule has 2 aromatic rings. The van der Waals surface area contributed by atoms with Crippen LogP contribution in [0.25, 0.3) is 0 Å². The second-order valence-corrected chi connectivity index (χ2v) is 5.06. The lowest BCUT2D eigenvalue weighted by atomic mass is 10.3. The summed E-state index contributed by atoms with van der Waals surface area (Å²) in [6.07, 6.45) is -1.22. The lowest BCUT2D eigenvalue weighted by Crippen LogP contribution is -2.27. The molecule has 25 heavy (non-hydrogen) atoms. The molecule has 1 aromatic heterocycles. The minimum Gasteiger partial charge on any atom is -0.491 e. The van der Waals surface area contributed by atoms with Crippen molar-refractivity contribution in [3.8, 4) is 17.2 Å². The average Bonchev–Trinajstić information content (AvgIpc) is 3.06. The number of hydrogen-bond donors (Lipinski definition) is 2. The van der Waals surface area contributed by atoms with E-state index in [9.17, 15) is 22.7 Å². The maximum Gasteiger partial charge on any atom is 0.253 e. The molecule has 0 saturated heterocycles. The second kappa shape index (κ2) is 7.01. The van der Waals surface area contributed by atoms with Crippen molar-refractivity contribution in [3.63, 3.8) is 0 Å². The first kappa shape index (κ1) is 17.1. The van der Waals surface area contributed by atoms with Crippen molar-refractivity contribution in [2.45, 2.75) is 6.10 Å². The molecule has 3 rings (SSSR count). The smallest absolute Gasteiger partial charge is 0.253 e. The molecule has 2 heterocycles. The van der Waals surface area contributed by atoms with E-state index in [1.807, 2.05) is 0 Å². The predicted octanol–water partition coefficient (Wildman–Crippen LogP) is 2.22. The van der Waals surface area contributed by atoms with Crippen molar-refractivity contribution in [3.05, 3.63) is 41.7 Å². The van der Waals surface area contributed by atoms with Gasteiger partial charge in [0.2, 0.25) is 18.4 Å². The highest BCUT2D eigenvalue weighted by Crippen LogP contribution is 2.35. The lowest BCUT2D eigenvalue weighted by molar-refractivity contribution is 0.117. The molecule has 2 N–H and O–H groups in total. The minimum absolute atomic E-state index is 0.0987. The molecular formula is C15H12F4N2O4. The fraction of sp³-hybridized carbons (Fsp3) is 0.267. The summed E-state index contributed by atoms with van der Waals surface area (Å²) in [6.45, 7) is -0.561. The van der Waals surface area contributed by atoms with Gasteiger partial charge in [-0.1, -0.05) is 0 Å². The van der Waals surface area contributed by atoms with Crippen LogP contribution in [0.4, 0.5) is 23.2 Å². The van der Waals surface area contributed by atoms with Gasteiger partial charge < -0.3 is 24.6 Å². The van der Waals surface area contributed by atoms with Gasteiger partial charge in [-0.15, -0.1) is 0 Å². The monoisotopic (exact) mass is 360 g/mol. The molecule has 1 aromatic carbocycles. The third-order valence-electron chi connectivity index (χ3n) is 3.30. The molecule has 0 saturated carbocycles. The first-order valence-corrected chi connectivity index (χ1v) is 7.10. The highest BCUT2D eigenvalue weighted by molar-refractivity contribution is 5.47. The zero-order valence-corrected chi connectivity index (χ0v) is 12.6. The number of halogens is 4. The van der Waals surface area contributed by atoms with E-state index in [1.165, 1.54) is 0 Å². The number of pyridine rings is 1. The van der Waals surface area contributed by atoms with Gasteiger partial charge in [0.05, 0.1) is 0 Å². The van der Waals surface area contributed by atoms with E-state index in [0.717, 1.165) is 0 Å². The van der Waals surface area contributed by atoms with E-state index < -0.39 is 41.9 Å². The fourth-order valence-electron chi connectivity index (χ4n) is 2.08. The number of nitrogens with one attached hydrogen (secondary N) is 1. The largest absolute Gasteiger partial charge is 0.491 e. The summed E-state index contributed by atoms with van der Waals surface area (Å²) in [7, 11) is 0. The number of rotatable bonds is 6. The summed E-state index contributed by atoms with van der Waals surface area (Å²) in [5.41, 5.74) is -1.05. The number of benzene rings is 1. The third-order valence-corrected chi connectivity index (χ3v) is 3.30. The van der Waals surface area contributed by atoms with Gasteiger partial charge in [-0.05, 0) is 12.1 Å². The average molecular weight is 360 g/mol. The fourth-order valence-corrected chi connectivity index (χ4v) is 2.08. The molecule has 10 heteroatoms. The Morgan fingerprint density at radius 1 is 1.12 bits per heavy atom. The quantitative estimate of drug-likeness (QED) is 0.608. The van der Waals surface area contributed by atoms with E-state index in [2.05, 4.69) is 10.3 Å². The van der Waals surface area contributed by atoms with Crippen molar-refractivity contribution < 1.29 is 36.9 Å². The van der Waals surface area contributed by atoms with Crippen molar-refractivity contribution in [2.75, 3.05) is 25.3 Å². The molecule has 0 aliphatic carbocycles. The number of aromatic nitrogens is 1. The van der Waals surface area contributed by atoms with Gasteiger partial charge in [-0.3, -0.25) is 0 Å². The van der Waals surface area contributed by atoms with E-state index in [-0.39, 0.29) is 13.4 Å². The minimum atomic E-state index is -1.78. The van der Waals surface area contributed by atoms with Crippen LogP contribution in [0.1, 0.15) is 0 Å². The summed E-state index contributed by atoms with van der Waals surface area (Å²) in [6, 6.07) is 4.76. The van der Waals surface area contributed by atoms with Crippen molar-refractivity contribution >= 4 is 5.69 Å². The third kappa shape index (κ3) is 3.68. The van der Waals surface area contributed by atoms with E-state index >= 15 is 0 Å². The van der Waals surface area contributed by atoms with E-state index in [0.29, 0.717) is 17.2 Å². The topological polar surface area (TPSA) is 72.8 Å². The van der Waals surface area contributed by atoms with Gasteiger partial charge in [-0.2, -0.15) is 22.5 Å². The van der Waals surface area contributed by atoms with E-state index in [1.54, 1.807) is 18.2 Å². The van der Waals surface area contributed by atoms with Crippen molar-refractivity contribution in [1.29, 1.82) is 0 Å². The van der Waals surface area contributed by atoms with Gasteiger partial charge >= 0.3 is 0 Å². The normalized spacial score (nSPS) is 13.6. The SMILES string of the molecule is OC(CNc1c(F)c(F)nc(F)c1F)COc1ccc2c(c1)OCO2. The Balaban J connectivity index is 1.56. The summed E-state index contributed by atoms with van der Waals surface area (Å²) in [4.78, 5) is 2.43. The number of hydrogen-bond acceptors (Lipinski definition) is 6. The molecule has 0 bridgehead atoms. The van der Waals surface area contributed by atoms with E-state index in [4.69, 9.17) is 14.2 Å². The molecule has 0 spiro atoms. The van der Waals surface area contributed by atoms with Crippen LogP contribution in [-0.4, -0.2) is 36.1 Å². The summed E-state index contributed by atoms with van der Waals surface area (Å²) in [5, 5.41) is 11.9. The molecule has 1 unspecified atom stereocenters. The molecule has 1 atom stereocenters. The standard InChI is InChI=1S/C15H12F4N2O4/c16-11-13(12(17)15(19)21-14(11)18)20-4-7(22)5-23-8-1-2-9-10(3-8)25-6-24-9/h1-3,7,22H,4-6H2,(H,20,21). The van der Waals surface area contributed by atoms with Crippen molar-refractivity contribution in [2.24, 2.45) is 0 Å². The number of nitrogens with zero attached hydrogens (tertiary/aromatic N) is 1. The molecule has 0 radical (unpaired) electrons. The summed E-state index contributed by atoms with van der Waals surface area (Å²) >= 11 is 0. The van der Waals surface area contributed by atoms with Crippen LogP contribution >= 0.6 is 0 Å². The molecule has 0 amide bonds. The lowest BCUT2D eigenvalue weighted by Gasteiger charge is -2.15. The molecule has 6 nitrogen and oxygen atoms in total. The summed E-state index contributed by atoms with van der Waals surface area (Å²) < 4.78 is 68.4. The van der Waals surface area contributed by atoms with Crippen LogP contribution in [0, 0.1) is 23.5 Å². The van der Waals surface area contributed by atoms with Crippen LogP contribution in [0.3, 0.4) is 0 Å².